The van der Waals surface area contributed by atoms with Gasteiger partial charge in [0.15, 0.2) is 0 Å². The maximum absolute atomic E-state index is 6.29. The molecule has 0 aliphatic carbocycles. The summed E-state index contributed by atoms with van der Waals surface area (Å²) in [5.74, 6) is 0.978. The fraction of sp³-hybridized carbons (Fsp3) is 0.308. The number of halogens is 1. The Balaban J connectivity index is 2.37. The molecule has 17 heavy (non-hydrogen) atoms. The summed E-state index contributed by atoms with van der Waals surface area (Å²) in [5, 5.41) is 4.94. The second-order valence-corrected chi connectivity index (χ2v) is 4.61. The first-order valence-corrected chi connectivity index (χ1v) is 6.10. The van der Waals surface area contributed by atoms with Gasteiger partial charge in [-0.15, -0.1) is 0 Å². The molecule has 0 saturated heterocycles. The summed E-state index contributed by atoms with van der Waals surface area (Å²) < 4.78 is 1.72. The van der Waals surface area contributed by atoms with E-state index in [1.54, 1.807) is 10.7 Å². The van der Waals surface area contributed by atoms with E-state index in [9.17, 15) is 0 Å². The lowest BCUT2D eigenvalue weighted by atomic mass is 9.98. The van der Waals surface area contributed by atoms with E-state index in [1.807, 2.05) is 18.3 Å². The minimum atomic E-state index is 0.472. The second-order valence-electron chi connectivity index (χ2n) is 4.20. The average molecular weight is 250 g/mol. The number of hydrogen-bond acceptors (Lipinski definition) is 2. The number of benzene rings is 1. The highest BCUT2D eigenvalue weighted by Gasteiger charge is 2.09. The second kappa shape index (κ2) is 4.80. The Labute approximate surface area is 106 Å². The van der Waals surface area contributed by atoms with Crippen LogP contribution in [0.25, 0.3) is 5.69 Å². The minimum Gasteiger partial charge on any atom is -0.382 e. The van der Waals surface area contributed by atoms with E-state index in [0.717, 1.165) is 17.1 Å². The molecule has 1 atom stereocenters. The molecule has 2 rings (SSSR count). The van der Waals surface area contributed by atoms with Crippen molar-refractivity contribution in [3.8, 4) is 5.69 Å². The zero-order valence-electron chi connectivity index (χ0n) is 10.0. The lowest BCUT2D eigenvalue weighted by Crippen LogP contribution is -1.98. The third-order valence-corrected chi connectivity index (χ3v) is 3.33. The molecule has 1 aromatic carbocycles. The number of nitrogen functional groups attached to an aromatic ring is 1. The van der Waals surface area contributed by atoms with Crippen molar-refractivity contribution in [2.45, 2.75) is 26.2 Å². The minimum absolute atomic E-state index is 0.472. The SMILES string of the molecule is CCC(C)c1ccc(-n2ccc(N)n2)cc1Cl. The van der Waals surface area contributed by atoms with Crippen LogP contribution in [-0.2, 0) is 0 Å². The molecule has 0 saturated carbocycles. The van der Waals surface area contributed by atoms with Gasteiger partial charge in [0.25, 0.3) is 0 Å². The molecule has 0 fully saturated rings. The van der Waals surface area contributed by atoms with E-state index in [4.69, 9.17) is 17.3 Å². The Kier molecular flexibility index (Phi) is 3.38. The largest absolute Gasteiger partial charge is 0.382 e. The van der Waals surface area contributed by atoms with Crippen LogP contribution in [0.4, 0.5) is 5.82 Å². The molecule has 2 aromatic rings. The van der Waals surface area contributed by atoms with Gasteiger partial charge in [0, 0.05) is 17.3 Å². The van der Waals surface area contributed by atoms with Crippen LogP contribution in [0, 0.1) is 0 Å². The number of nitrogens with two attached hydrogens (primary N) is 1. The maximum Gasteiger partial charge on any atom is 0.145 e. The summed E-state index contributed by atoms with van der Waals surface area (Å²) in [6.45, 7) is 4.33. The van der Waals surface area contributed by atoms with Crippen LogP contribution < -0.4 is 5.73 Å². The molecular formula is C13H16ClN3. The summed E-state index contributed by atoms with van der Waals surface area (Å²) >= 11 is 6.29. The Hall–Kier alpha value is -1.48. The molecule has 1 unspecified atom stereocenters. The van der Waals surface area contributed by atoms with Gasteiger partial charge in [0.2, 0.25) is 0 Å². The molecule has 0 radical (unpaired) electrons. The van der Waals surface area contributed by atoms with Crippen molar-refractivity contribution < 1.29 is 0 Å². The van der Waals surface area contributed by atoms with Crippen LogP contribution in [-0.4, -0.2) is 9.78 Å². The third kappa shape index (κ3) is 2.44. The Morgan fingerprint density at radius 1 is 1.41 bits per heavy atom. The summed E-state index contributed by atoms with van der Waals surface area (Å²) in [7, 11) is 0. The first-order chi connectivity index (χ1) is 8.11. The highest BCUT2D eigenvalue weighted by molar-refractivity contribution is 6.31. The first kappa shape index (κ1) is 12.0. The summed E-state index contributed by atoms with van der Waals surface area (Å²) in [6.07, 6.45) is 2.90. The topological polar surface area (TPSA) is 43.8 Å². The van der Waals surface area contributed by atoms with Gasteiger partial charge in [-0.2, -0.15) is 5.10 Å². The smallest absolute Gasteiger partial charge is 0.145 e. The molecule has 0 spiro atoms. The molecule has 0 aliphatic heterocycles. The fourth-order valence-electron chi connectivity index (χ4n) is 1.76. The molecule has 0 bridgehead atoms. The molecule has 3 nitrogen and oxygen atoms in total. The maximum atomic E-state index is 6.29. The zero-order chi connectivity index (χ0) is 12.4. The Bertz CT molecular complexity index is 519. The van der Waals surface area contributed by atoms with Crippen molar-refractivity contribution in [1.82, 2.24) is 9.78 Å². The van der Waals surface area contributed by atoms with Gasteiger partial charge in [0.05, 0.1) is 5.69 Å². The van der Waals surface area contributed by atoms with Gasteiger partial charge in [-0.1, -0.05) is 31.5 Å². The predicted octanol–water partition coefficient (Wildman–Crippen LogP) is 3.62. The fourth-order valence-corrected chi connectivity index (χ4v) is 2.12. The van der Waals surface area contributed by atoms with Crippen molar-refractivity contribution in [2.24, 2.45) is 0 Å². The lowest BCUT2D eigenvalue weighted by molar-refractivity contribution is 0.733. The number of rotatable bonds is 3. The van der Waals surface area contributed by atoms with Crippen molar-refractivity contribution in [3.05, 3.63) is 41.0 Å². The van der Waals surface area contributed by atoms with Gasteiger partial charge in [-0.3, -0.25) is 0 Å². The van der Waals surface area contributed by atoms with Crippen LogP contribution in [0.2, 0.25) is 5.02 Å². The normalized spacial score (nSPS) is 12.6. The first-order valence-electron chi connectivity index (χ1n) is 5.72. The predicted molar refractivity (Wildman–Crippen MR) is 71.7 cm³/mol. The van der Waals surface area contributed by atoms with Crippen LogP contribution in [0.1, 0.15) is 31.7 Å². The van der Waals surface area contributed by atoms with Crippen LogP contribution in [0.3, 0.4) is 0 Å². The van der Waals surface area contributed by atoms with Crippen molar-refractivity contribution in [1.29, 1.82) is 0 Å². The summed E-state index contributed by atoms with van der Waals surface area (Å²) in [4.78, 5) is 0. The van der Waals surface area contributed by atoms with E-state index >= 15 is 0 Å². The molecular weight excluding hydrogens is 234 g/mol. The zero-order valence-corrected chi connectivity index (χ0v) is 10.8. The number of anilines is 1. The monoisotopic (exact) mass is 249 g/mol. The molecule has 0 aliphatic rings. The molecule has 0 amide bonds. The summed E-state index contributed by atoms with van der Waals surface area (Å²) in [5.41, 5.74) is 7.70. The standard InChI is InChI=1S/C13H16ClN3/c1-3-9(2)11-5-4-10(8-12(11)14)17-7-6-13(15)16-17/h4-9H,3H2,1-2H3,(H2,15,16). The van der Waals surface area contributed by atoms with Crippen molar-refractivity contribution in [2.75, 3.05) is 5.73 Å². The van der Waals surface area contributed by atoms with E-state index in [0.29, 0.717) is 11.7 Å². The number of nitrogens with zero attached hydrogens (tertiary/aromatic N) is 2. The van der Waals surface area contributed by atoms with Gasteiger partial charge in [-0.05, 0) is 30.0 Å². The van der Waals surface area contributed by atoms with Crippen molar-refractivity contribution in [3.63, 3.8) is 0 Å². The molecule has 4 heteroatoms. The van der Waals surface area contributed by atoms with Crippen LogP contribution >= 0.6 is 11.6 Å². The van der Waals surface area contributed by atoms with Gasteiger partial charge in [-0.25, -0.2) is 4.68 Å². The third-order valence-electron chi connectivity index (χ3n) is 3.00. The molecule has 1 heterocycles. The highest BCUT2D eigenvalue weighted by Crippen LogP contribution is 2.28. The van der Waals surface area contributed by atoms with Gasteiger partial charge in [0.1, 0.15) is 5.82 Å². The van der Waals surface area contributed by atoms with Crippen LogP contribution in [0.5, 0.6) is 0 Å². The van der Waals surface area contributed by atoms with Gasteiger partial charge < -0.3 is 5.73 Å². The molecule has 90 valence electrons. The van der Waals surface area contributed by atoms with E-state index < -0.39 is 0 Å². The highest BCUT2D eigenvalue weighted by atomic mass is 35.5. The Morgan fingerprint density at radius 2 is 2.18 bits per heavy atom. The van der Waals surface area contributed by atoms with E-state index in [1.165, 1.54) is 5.56 Å². The average Bonchev–Trinajstić information content (AvgIpc) is 2.75. The summed E-state index contributed by atoms with van der Waals surface area (Å²) in [6, 6.07) is 7.76. The molecule has 1 aromatic heterocycles. The van der Waals surface area contributed by atoms with Gasteiger partial charge >= 0.3 is 0 Å². The van der Waals surface area contributed by atoms with E-state index in [-0.39, 0.29) is 0 Å². The Morgan fingerprint density at radius 3 is 2.71 bits per heavy atom. The number of aromatic nitrogens is 2. The lowest BCUT2D eigenvalue weighted by Gasteiger charge is -2.12. The quantitative estimate of drug-likeness (QED) is 0.903. The number of hydrogen-bond donors (Lipinski definition) is 1. The van der Waals surface area contributed by atoms with E-state index in [2.05, 4.69) is 25.0 Å². The molecule has 2 N–H and O–H groups in total. The van der Waals surface area contributed by atoms with Crippen molar-refractivity contribution >= 4 is 17.4 Å². The van der Waals surface area contributed by atoms with Crippen LogP contribution in [0.15, 0.2) is 30.5 Å².